The Bertz CT molecular complexity index is 657. The Balaban J connectivity index is 2.13. The molecule has 0 aromatic heterocycles. The van der Waals surface area contributed by atoms with Gasteiger partial charge in [0.2, 0.25) is 0 Å². The van der Waals surface area contributed by atoms with Crippen LogP contribution in [0, 0.1) is 0 Å². The van der Waals surface area contributed by atoms with Gasteiger partial charge in [0, 0.05) is 11.7 Å². The number of hydrogen-bond donors (Lipinski definition) is 2. The monoisotopic (exact) mass is 294 g/mol. The molecule has 0 radical (unpaired) electrons. The third-order valence-electron chi connectivity index (χ3n) is 3.07. The van der Waals surface area contributed by atoms with Crippen LogP contribution in [-0.4, -0.2) is 11.8 Å². The van der Waals surface area contributed by atoms with Gasteiger partial charge in [0.15, 0.2) is 5.78 Å². The van der Waals surface area contributed by atoms with Crippen LogP contribution in [0.2, 0.25) is 0 Å². The van der Waals surface area contributed by atoms with E-state index in [1.54, 1.807) is 13.0 Å². The lowest BCUT2D eigenvalue weighted by Crippen LogP contribution is -2.11. The molecule has 0 spiro atoms. The van der Waals surface area contributed by atoms with Crippen LogP contribution in [0.15, 0.2) is 54.6 Å². The molecule has 0 saturated carbocycles. The molecule has 2 N–H and O–H groups in total. The molecule has 0 saturated heterocycles. The fraction of sp³-hybridized carbons (Fsp3) is 0.211. The Morgan fingerprint density at radius 3 is 2.23 bits per heavy atom. The van der Waals surface area contributed by atoms with Gasteiger partial charge in [-0.05, 0) is 56.7 Å². The van der Waals surface area contributed by atoms with Crippen LogP contribution in [0.25, 0.3) is 6.08 Å². The Hall–Kier alpha value is -2.55. The molecular weight excluding hydrogens is 272 g/mol. The van der Waals surface area contributed by atoms with Crippen molar-refractivity contribution in [1.29, 1.82) is 0 Å². The van der Waals surface area contributed by atoms with Crippen molar-refractivity contribution in [2.45, 2.75) is 26.8 Å². The lowest BCUT2D eigenvalue weighted by molar-refractivity contribution is -0.112. The number of carbonyl (C=O) groups is 1. The van der Waals surface area contributed by atoms with Gasteiger partial charge in [-0.2, -0.15) is 0 Å². The Kier molecular flexibility index (Phi) is 5.37. The van der Waals surface area contributed by atoms with Gasteiger partial charge in [-0.15, -0.1) is 0 Å². The molecule has 114 valence electrons. The predicted molar refractivity (Wildman–Crippen MR) is 94.6 cm³/mol. The van der Waals surface area contributed by atoms with Gasteiger partial charge >= 0.3 is 0 Å². The van der Waals surface area contributed by atoms with Gasteiger partial charge in [0.05, 0.1) is 11.4 Å². The Morgan fingerprint density at radius 2 is 1.64 bits per heavy atom. The van der Waals surface area contributed by atoms with E-state index in [2.05, 4.69) is 30.5 Å². The molecule has 0 aliphatic heterocycles. The zero-order valence-corrected chi connectivity index (χ0v) is 13.3. The molecule has 0 amide bonds. The number of nitrogens with one attached hydrogen (secondary N) is 2. The number of para-hydroxylation sites is 2. The second kappa shape index (κ2) is 7.46. The maximum Gasteiger partial charge on any atom is 0.152 e. The van der Waals surface area contributed by atoms with Crippen molar-refractivity contribution in [1.82, 2.24) is 0 Å². The highest BCUT2D eigenvalue weighted by Crippen LogP contribution is 2.26. The van der Waals surface area contributed by atoms with Crippen LogP contribution in [0.1, 0.15) is 26.3 Å². The van der Waals surface area contributed by atoms with Crippen molar-refractivity contribution in [3.05, 3.63) is 60.2 Å². The Morgan fingerprint density at radius 1 is 1.00 bits per heavy atom. The van der Waals surface area contributed by atoms with E-state index in [1.165, 1.54) is 0 Å². The zero-order valence-electron chi connectivity index (χ0n) is 13.3. The number of anilines is 3. The van der Waals surface area contributed by atoms with Crippen LogP contribution in [0.5, 0.6) is 0 Å². The zero-order chi connectivity index (χ0) is 15.9. The fourth-order valence-corrected chi connectivity index (χ4v) is 2.08. The molecule has 2 rings (SSSR count). The third-order valence-corrected chi connectivity index (χ3v) is 3.07. The number of hydrogen-bond acceptors (Lipinski definition) is 3. The predicted octanol–water partition coefficient (Wildman–Crippen LogP) is 4.85. The number of allylic oxidation sites excluding steroid dienone is 1. The van der Waals surface area contributed by atoms with Crippen molar-refractivity contribution >= 4 is 28.9 Å². The number of rotatable bonds is 6. The van der Waals surface area contributed by atoms with E-state index < -0.39 is 0 Å². The van der Waals surface area contributed by atoms with Crippen LogP contribution in [0.3, 0.4) is 0 Å². The highest BCUT2D eigenvalue weighted by molar-refractivity contribution is 5.91. The second-order valence-corrected chi connectivity index (χ2v) is 5.54. The maximum absolute atomic E-state index is 10.9. The van der Waals surface area contributed by atoms with Gasteiger partial charge in [-0.3, -0.25) is 4.79 Å². The van der Waals surface area contributed by atoms with E-state index in [0.717, 1.165) is 22.6 Å². The van der Waals surface area contributed by atoms with Crippen molar-refractivity contribution in [3.8, 4) is 0 Å². The largest absolute Gasteiger partial charge is 0.381 e. The van der Waals surface area contributed by atoms with Crippen LogP contribution < -0.4 is 10.6 Å². The van der Waals surface area contributed by atoms with Gasteiger partial charge in [-0.25, -0.2) is 0 Å². The summed E-state index contributed by atoms with van der Waals surface area (Å²) in [5.41, 5.74) is 4.15. The molecule has 2 aromatic carbocycles. The van der Waals surface area contributed by atoms with Crippen molar-refractivity contribution in [2.24, 2.45) is 0 Å². The summed E-state index contributed by atoms with van der Waals surface area (Å²) in [5.74, 6) is 0.0517. The molecule has 0 heterocycles. The summed E-state index contributed by atoms with van der Waals surface area (Å²) >= 11 is 0. The van der Waals surface area contributed by atoms with Crippen molar-refractivity contribution in [3.63, 3.8) is 0 Å². The first-order chi connectivity index (χ1) is 10.5. The van der Waals surface area contributed by atoms with E-state index in [-0.39, 0.29) is 5.78 Å². The molecule has 0 aliphatic rings. The highest BCUT2D eigenvalue weighted by Gasteiger charge is 2.03. The first kappa shape index (κ1) is 15.8. The smallest absolute Gasteiger partial charge is 0.152 e. The van der Waals surface area contributed by atoms with Gasteiger partial charge in [0.1, 0.15) is 0 Å². The summed E-state index contributed by atoms with van der Waals surface area (Å²) in [4.78, 5) is 10.9. The van der Waals surface area contributed by atoms with E-state index in [0.29, 0.717) is 6.04 Å². The topological polar surface area (TPSA) is 41.1 Å². The van der Waals surface area contributed by atoms with E-state index in [4.69, 9.17) is 0 Å². The van der Waals surface area contributed by atoms with Gasteiger partial charge in [0.25, 0.3) is 0 Å². The van der Waals surface area contributed by atoms with E-state index >= 15 is 0 Å². The van der Waals surface area contributed by atoms with Gasteiger partial charge in [-0.1, -0.05) is 30.3 Å². The van der Waals surface area contributed by atoms with E-state index in [1.807, 2.05) is 48.5 Å². The summed E-state index contributed by atoms with van der Waals surface area (Å²) < 4.78 is 0. The summed E-state index contributed by atoms with van der Waals surface area (Å²) in [7, 11) is 0. The SMILES string of the molecule is CC(=O)/C=C/c1ccc(Nc2ccccc2NC(C)C)cc1. The van der Waals surface area contributed by atoms with Gasteiger partial charge < -0.3 is 10.6 Å². The quantitative estimate of drug-likeness (QED) is 0.748. The van der Waals surface area contributed by atoms with Crippen LogP contribution in [0.4, 0.5) is 17.1 Å². The highest BCUT2D eigenvalue weighted by atomic mass is 16.1. The first-order valence-electron chi connectivity index (χ1n) is 7.46. The van der Waals surface area contributed by atoms with Crippen LogP contribution in [-0.2, 0) is 4.79 Å². The minimum Gasteiger partial charge on any atom is -0.381 e. The summed E-state index contributed by atoms with van der Waals surface area (Å²) in [6.07, 6.45) is 3.39. The molecule has 3 heteroatoms. The number of carbonyl (C=O) groups excluding carboxylic acids is 1. The average molecular weight is 294 g/mol. The summed E-state index contributed by atoms with van der Waals surface area (Å²) in [5, 5.41) is 6.84. The molecule has 0 fully saturated rings. The fourth-order valence-electron chi connectivity index (χ4n) is 2.08. The van der Waals surface area contributed by atoms with Crippen molar-refractivity contribution < 1.29 is 4.79 Å². The molecule has 2 aromatic rings. The lowest BCUT2D eigenvalue weighted by atomic mass is 10.1. The Labute approximate surface area is 132 Å². The summed E-state index contributed by atoms with van der Waals surface area (Å²) in [6, 6.07) is 16.5. The maximum atomic E-state index is 10.9. The normalized spacial score (nSPS) is 10.9. The summed E-state index contributed by atoms with van der Waals surface area (Å²) in [6.45, 7) is 5.78. The molecule has 0 bridgehead atoms. The minimum atomic E-state index is 0.0517. The number of ketones is 1. The third kappa shape index (κ3) is 4.77. The molecule has 0 aliphatic carbocycles. The molecular formula is C19H22N2O. The second-order valence-electron chi connectivity index (χ2n) is 5.54. The number of benzene rings is 2. The minimum absolute atomic E-state index is 0.0517. The molecule has 0 unspecified atom stereocenters. The standard InChI is InChI=1S/C19H22N2O/c1-14(2)20-18-6-4-5-7-19(18)21-17-12-10-16(11-13-17)9-8-15(3)22/h4-14,20-21H,1-3H3/b9-8+. The van der Waals surface area contributed by atoms with E-state index in [9.17, 15) is 4.79 Å². The average Bonchev–Trinajstić information content (AvgIpc) is 2.48. The molecule has 0 atom stereocenters. The van der Waals surface area contributed by atoms with Crippen LogP contribution >= 0.6 is 0 Å². The molecule has 22 heavy (non-hydrogen) atoms. The first-order valence-corrected chi connectivity index (χ1v) is 7.46. The lowest BCUT2D eigenvalue weighted by Gasteiger charge is -2.16. The molecule has 3 nitrogen and oxygen atoms in total. The van der Waals surface area contributed by atoms with Crippen molar-refractivity contribution in [2.75, 3.05) is 10.6 Å².